The van der Waals surface area contributed by atoms with Crippen molar-refractivity contribution in [2.45, 2.75) is 31.6 Å². The lowest BCUT2D eigenvalue weighted by atomic mass is 10.0. The summed E-state index contributed by atoms with van der Waals surface area (Å²) in [6.45, 7) is 2.37. The maximum atomic E-state index is 8.96. The summed E-state index contributed by atoms with van der Waals surface area (Å²) in [4.78, 5) is 2.48. The highest BCUT2D eigenvalue weighted by Crippen LogP contribution is 2.45. The Bertz CT molecular complexity index is 435. The predicted molar refractivity (Wildman–Crippen MR) is 64.6 cm³/mol. The summed E-state index contributed by atoms with van der Waals surface area (Å²) in [5.41, 5.74) is 3.62. The molecule has 0 radical (unpaired) electrons. The van der Waals surface area contributed by atoms with Crippen molar-refractivity contribution in [3.8, 4) is 6.07 Å². The van der Waals surface area contributed by atoms with Crippen LogP contribution >= 0.6 is 0 Å². The number of benzene rings is 1. The molecule has 0 amide bonds. The highest BCUT2D eigenvalue weighted by Gasteiger charge is 2.28. The molecule has 1 aromatic carbocycles. The van der Waals surface area contributed by atoms with E-state index in [1.165, 1.54) is 50.0 Å². The Morgan fingerprint density at radius 1 is 1.19 bits per heavy atom. The molecule has 1 saturated carbocycles. The largest absolute Gasteiger partial charge is 0.371 e. The molecule has 0 unspecified atom stereocenters. The normalized spacial score (nSPS) is 19.8. The molecular weight excluding hydrogens is 196 g/mol. The van der Waals surface area contributed by atoms with Crippen LogP contribution in [0, 0.1) is 11.3 Å². The maximum Gasteiger partial charge on any atom is 0.0991 e. The van der Waals surface area contributed by atoms with Gasteiger partial charge in [-0.15, -0.1) is 0 Å². The van der Waals surface area contributed by atoms with E-state index in [1.54, 1.807) is 0 Å². The first-order chi connectivity index (χ1) is 7.88. The molecule has 0 N–H and O–H groups in total. The van der Waals surface area contributed by atoms with Gasteiger partial charge in [0, 0.05) is 18.8 Å². The van der Waals surface area contributed by atoms with Gasteiger partial charge in [-0.1, -0.05) is 0 Å². The maximum absolute atomic E-state index is 8.96. The summed E-state index contributed by atoms with van der Waals surface area (Å²) < 4.78 is 0. The van der Waals surface area contributed by atoms with Crippen LogP contribution < -0.4 is 4.90 Å². The molecule has 1 heterocycles. The fraction of sp³-hybridized carbons (Fsp3) is 0.500. The van der Waals surface area contributed by atoms with Crippen LogP contribution in [-0.4, -0.2) is 13.1 Å². The van der Waals surface area contributed by atoms with E-state index >= 15 is 0 Å². The minimum absolute atomic E-state index is 0.726. The summed E-state index contributed by atoms with van der Waals surface area (Å²) in [5.74, 6) is 0.726. The smallest absolute Gasteiger partial charge is 0.0991 e. The highest BCUT2D eigenvalue weighted by molar-refractivity contribution is 5.59. The SMILES string of the molecule is N#Cc1ccc(N2CCCC2)c(C2CC2)c1. The van der Waals surface area contributed by atoms with Crippen molar-refractivity contribution >= 4 is 5.69 Å². The van der Waals surface area contributed by atoms with E-state index < -0.39 is 0 Å². The van der Waals surface area contributed by atoms with E-state index in [-0.39, 0.29) is 0 Å². The van der Waals surface area contributed by atoms with Gasteiger partial charge in [0.1, 0.15) is 0 Å². The van der Waals surface area contributed by atoms with Gasteiger partial charge in [-0.05, 0) is 55.4 Å². The Labute approximate surface area is 96.5 Å². The molecule has 16 heavy (non-hydrogen) atoms. The molecule has 1 aromatic rings. The van der Waals surface area contributed by atoms with Gasteiger partial charge in [0.15, 0.2) is 0 Å². The van der Waals surface area contributed by atoms with Crippen molar-refractivity contribution in [1.82, 2.24) is 0 Å². The quantitative estimate of drug-likeness (QED) is 0.753. The number of anilines is 1. The molecule has 0 aromatic heterocycles. The van der Waals surface area contributed by atoms with Crippen LogP contribution in [-0.2, 0) is 0 Å². The molecule has 1 aliphatic heterocycles. The van der Waals surface area contributed by atoms with E-state index in [0.29, 0.717) is 0 Å². The van der Waals surface area contributed by atoms with Crippen LogP contribution in [0.25, 0.3) is 0 Å². The van der Waals surface area contributed by atoms with E-state index in [1.807, 2.05) is 6.07 Å². The molecule has 2 aliphatic rings. The standard InChI is InChI=1S/C14H16N2/c15-10-11-3-6-14(16-7-1-2-8-16)13(9-11)12-4-5-12/h3,6,9,12H,1-2,4-5,7-8H2. The molecule has 82 valence electrons. The molecular formula is C14H16N2. The molecule has 0 atom stereocenters. The number of hydrogen-bond acceptors (Lipinski definition) is 2. The fourth-order valence-corrected chi connectivity index (χ4v) is 2.59. The van der Waals surface area contributed by atoms with E-state index in [0.717, 1.165) is 11.5 Å². The Balaban J connectivity index is 1.99. The second-order valence-corrected chi connectivity index (χ2v) is 4.85. The van der Waals surface area contributed by atoms with Crippen molar-refractivity contribution < 1.29 is 0 Å². The Kier molecular flexibility index (Phi) is 2.32. The average molecular weight is 212 g/mol. The van der Waals surface area contributed by atoms with Crippen LogP contribution in [0.3, 0.4) is 0 Å². The Hall–Kier alpha value is -1.49. The van der Waals surface area contributed by atoms with Crippen LogP contribution in [0.2, 0.25) is 0 Å². The minimum Gasteiger partial charge on any atom is -0.371 e. The summed E-state index contributed by atoms with van der Waals surface area (Å²) in [6, 6.07) is 8.46. The predicted octanol–water partition coefficient (Wildman–Crippen LogP) is 3.04. The van der Waals surface area contributed by atoms with Crippen molar-refractivity contribution in [2.75, 3.05) is 18.0 Å². The molecule has 2 fully saturated rings. The first-order valence-electron chi connectivity index (χ1n) is 6.17. The molecule has 1 aliphatic carbocycles. The Morgan fingerprint density at radius 2 is 1.94 bits per heavy atom. The van der Waals surface area contributed by atoms with Gasteiger partial charge in [0.05, 0.1) is 11.6 Å². The molecule has 0 spiro atoms. The molecule has 0 bridgehead atoms. The van der Waals surface area contributed by atoms with Gasteiger partial charge in [0.2, 0.25) is 0 Å². The summed E-state index contributed by atoms with van der Waals surface area (Å²) in [5, 5.41) is 8.96. The third-order valence-corrected chi connectivity index (χ3v) is 3.62. The molecule has 1 saturated heterocycles. The summed E-state index contributed by atoms with van der Waals surface area (Å²) >= 11 is 0. The zero-order valence-electron chi connectivity index (χ0n) is 9.45. The van der Waals surface area contributed by atoms with E-state index in [9.17, 15) is 0 Å². The van der Waals surface area contributed by atoms with Crippen LogP contribution in [0.4, 0.5) is 5.69 Å². The van der Waals surface area contributed by atoms with Crippen LogP contribution in [0.15, 0.2) is 18.2 Å². The number of rotatable bonds is 2. The molecule has 3 rings (SSSR count). The minimum atomic E-state index is 0.726. The van der Waals surface area contributed by atoms with Gasteiger partial charge in [-0.2, -0.15) is 5.26 Å². The zero-order valence-corrected chi connectivity index (χ0v) is 9.45. The van der Waals surface area contributed by atoms with Gasteiger partial charge in [-0.3, -0.25) is 0 Å². The van der Waals surface area contributed by atoms with Gasteiger partial charge >= 0.3 is 0 Å². The molecule has 2 nitrogen and oxygen atoms in total. The molecule has 2 heteroatoms. The van der Waals surface area contributed by atoms with Gasteiger partial charge in [0.25, 0.3) is 0 Å². The van der Waals surface area contributed by atoms with Crippen molar-refractivity contribution in [1.29, 1.82) is 5.26 Å². The van der Waals surface area contributed by atoms with Crippen molar-refractivity contribution in [2.24, 2.45) is 0 Å². The second kappa shape index (κ2) is 3.83. The number of hydrogen-bond donors (Lipinski definition) is 0. The van der Waals surface area contributed by atoms with E-state index in [2.05, 4.69) is 23.1 Å². The highest BCUT2D eigenvalue weighted by atomic mass is 15.1. The first kappa shape index (κ1) is 9.72. The summed E-state index contributed by atoms with van der Waals surface area (Å²) in [7, 11) is 0. The third kappa shape index (κ3) is 1.67. The lowest BCUT2D eigenvalue weighted by Crippen LogP contribution is -2.19. The Morgan fingerprint density at radius 3 is 2.56 bits per heavy atom. The fourth-order valence-electron chi connectivity index (χ4n) is 2.59. The lowest BCUT2D eigenvalue weighted by molar-refractivity contribution is 0.945. The van der Waals surface area contributed by atoms with E-state index in [4.69, 9.17) is 5.26 Å². The zero-order chi connectivity index (χ0) is 11.0. The van der Waals surface area contributed by atoms with Gasteiger partial charge < -0.3 is 4.90 Å². The lowest BCUT2D eigenvalue weighted by Gasteiger charge is -2.21. The number of nitrogens with zero attached hydrogens (tertiary/aromatic N) is 2. The van der Waals surface area contributed by atoms with Crippen LogP contribution in [0.1, 0.15) is 42.7 Å². The monoisotopic (exact) mass is 212 g/mol. The summed E-state index contributed by atoms with van der Waals surface area (Å²) in [6.07, 6.45) is 5.22. The topological polar surface area (TPSA) is 27.0 Å². The van der Waals surface area contributed by atoms with Crippen molar-refractivity contribution in [3.05, 3.63) is 29.3 Å². The third-order valence-electron chi connectivity index (χ3n) is 3.62. The van der Waals surface area contributed by atoms with Crippen molar-refractivity contribution in [3.63, 3.8) is 0 Å². The van der Waals surface area contributed by atoms with Crippen LogP contribution in [0.5, 0.6) is 0 Å². The average Bonchev–Trinajstić information content (AvgIpc) is 3.04. The van der Waals surface area contributed by atoms with Gasteiger partial charge in [-0.25, -0.2) is 0 Å². The first-order valence-corrected chi connectivity index (χ1v) is 6.17. The number of nitriles is 1. The second-order valence-electron chi connectivity index (χ2n) is 4.85.